The zero-order valence-corrected chi connectivity index (χ0v) is 35.7. The van der Waals surface area contributed by atoms with E-state index in [1.54, 1.807) is 0 Å². The SMILES string of the molecule is CCCCCCCCCCCCCCCCCCCCCCOC(=O)CCC(=O)OCCCCCCCCCCCCCCCCCCCCCC. The number of esters is 2. The van der Waals surface area contributed by atoms with Gasteiger partial charge in [-0.25, -0.2) is 0 Å². The maximum absolute atomic E-state index is 12.0. The average Bonchev–Trinajstić information content (AvgIpc) is 3.15. The molecular formula is C48H94O4. The van der Waals surface area contributed by atoms with Gasteiger partial charge in [-0.3, -0.25) is 9.59 Å². The van der Waals surface area contributed by atoms with Gasteiger partial charge in [0.25, 0.3) is 0 Å². The summed E-state index contributed by atoms with van der Waals surface area (Å²) in [5.74, 6) is -0.540. The van der Waals surface area contributed by atoms with E-state index in [1.165, 1.54) is 231 Å². The summed E-state index contributed by atoms with van der Waals surface area (Å²) in [5, 5.41) is 0. The van der Waals surface area contributed by atoms with E-state index in [9.17, 15) is 9.59 Å². The fourth-order valence-electron chi connectivity index (χ4n) is 7.44. The van der Waals surface area contributed by atoms with Gasteiger partial charge < -0.3 is 9.47 Å². The number of carbonyl (C=O) groups is 2. The molecule has 0 aromatic carbocycles. The van der Waals surface area contributed by atoms with Crippen molar-refractivity contribution in [3.8, 4) is 0 Å². The highest BCUT2D eigenvalue weighted by atomic mass is 16.5. The van der Waals surface area contributed by atoms with Crippen LogP contribution in [0.15, 0.2) is 0 Å². The van der Waals surface area contributed by atoms with Crippen molar-refractivity contribution < 1.29 is 19.1 Å². The van der Waals surface area contributed by atoms with E-state index in [2.05, 4.69) is 13.8 Å². The molecule has 0 aliphatic carbocycles. The summed E-state index contributed by atoms with van der Waals surface area (Å²) in [4.78, 5) is 24.0. The second kappa shape index (κ2) is 46.1. The molecule has 0 atom stereocenters. The second-order valence-electron chi connectivity index (χ2n) is 16.4. The Morgan fingerprint density at radius 1 is 0.250 bits per heavy atom. The van der Waals surface area contributed by atoms with Crippen LogP contribution in [0.2, 0.25) is 0 Å². The van der Waals surface area contributed by atoms with Crippen LogP contribution in [0.25, 0.3) is 0 Å². The summed E-state index contributed by atoms with van der Waals surface area (Å²) in [7, 11) is 0. The fraction of sp³-hybridized carbons (Fsp3) is 0.958. The molecule has 0 rings (SSSR count). The van der Waals surface area contributed by atoms with Crippen molar-refractivity contribution >= 4 is 11.9 Å². The Labute approximate surface area is 326 Å². The Hall–Kier alpha value is -1.06. The molecule has 0 aliphatic rings. The maximum Gasteiger partial charge on any atom is 0.306 e. The zero-order valence-electron chi connectivity index (χ0n) is 35.7. The molecule has 4 heteroatoms. The van der Waals surface area contributed by atoms with Gasteiger partial charge in [0.2, 0.25) is 0 Å². The van der Waals surface area contributed by atoms with Crippen LogP contribution < -0.4 is 0 Å². The molecular weight excluding hydrogens is 641 g/mol. The normalized spacial score (nSPS) is 11.3. The Morgan fingerprint density at radius 3 is 0.577 bits per heavy atom. The van der Waals surface area contributed by atoms with Crippen LogP contribution in [-0.4, -0.2) is 25.2 Å². The molecule has 0 aromatic rings. The zero-order chi connectivity index (χ0) is 37.7. The van der Waals surface area contributed by atoms with E-state index < -0.39 is 0 Å². The number of hydrogen-bond donors (Lipinski definition) is 0. The minimum absolute atomic E-state index is 0.136. The standard InChI is InChI=1S/C48H94O4/c1-3-5-7-9-11-13-15-17-19-21-23-25-27-29-31-33-35-37-39-41-45-51-47(49)43-44-48(50)52-46-42-40-38-36-34-32-30-28-26-24-22-20-18-16-14-12-10-8-6-4-2/h3-46H2,1-2H3. The van der Waals surface area contributed by atoms with Crippen molar-refractivity contribution in [3.05, 3.63) is 0 Å². The maximum atomic E-state index is 12.0. The van der Waals surface area contributed by atoms with Gasteiger partial charge in [-0.2, -0.15) is 0 Å². The lowest BCUT2D eigenvalue weighted by molar-refractivity contribution is -0.150. The van der Waals surface area contributed by atoms with Gasteiger partial charge in [0.1, 0.15) is 0 Å². The Morgan fingerprint density at radius 2 is 0.404 bits per heavy atom. The van der Waals surface area contributed by atoms with E-state index >= 15 is 0 Å². The lowest BCUT2D eigenvalue weighted by atomic mass is 10.0. The molecule has 52 heavy (non-hydrogen) atoms. The van der Waals surface area contributed by atoms with Crippen LogP contribution in [0.1, 0.15) is 284 Å². The summed E-state index contributed by atoms with van der Waals surface area (Å²) < 4.78 is 10.7. The Kier molecular flexibility index (Phi) is 45.2. The molecule has 310 valence electrons. The highest BCUT2D eigenvalue weighted by Crippen LogP contribution is 2.17. The van der Waals surface area contributed by atoms with E-state index in [-0.39, 0.29) is 24.8 Å². The predicted octanol–water partition coefficient (Wildman–Crippen LogP) is 16.5. The summed E-state index contributed by atoms with van der Waals surface area (Å²) in [5.41, 5.74) is 0. The summed E-state index contributed by atoms with van der Waals surface area (Å²) in [6.45, 7) is 5.54. The van der Waals surface area contributed by atoms with Crippen LogP contribution in [-0.2, 0) is 19.1 Å². The number of rotatable bonds is 45. The van der Waals surface area contributed by atoms with Crippen LogP contribution in [0.4, 0.5) is 0 Å². The lowest BCUT2D eigenvalue weighted by Gasteiger charge is -2.07. The van der Waals surface area contributed by atoms with Crippen LogP contribution in [0, 0.1) is 0 Å². The molecule has 0 aromatic heterocycles. The van der Waals surface area contributed by atoms with Gasteiger partial charge in [0.05, 0.1) is 26.1 Å². The van der Waals surface area contributed by atoms with Crippen molar-refractivity contribution in [2.24, 2.45) is 0 Å². The van der Waals surface area contributed by atoms with Crippen molar-refractivity contribution in [1.29, 1.82) is 0 Å². The molecule has 0 bridgehead atoms. The smallest absolute Gasteiger partial charge is 0.306 e. The molecule has 0 spiro atoms. The van der Waals surface area contributed by atoms with Crippen molar-refractivity contribution in [1.82, 2.24) is 0 Å². The molecule has 0 amide bonds. The molecule has 0 saturated heterocycles. The topological polar surface area (TPSA) is 52.6 Å². The van der Waals surface area contributed by atoms with Crippen molar-refractivity contribution in [2.75, 3.05) is 13.2 Å². The first-order valence-electron chi connectivity index (χ1n) is 24.0. The second-order valence-corrected chi connectivity index (χ2v) is 16.4. The third-order valence-electron chi connectivity index (χ3n) is 11.1. The first-order chi connectivity index (χ1) is 25.7. The third kappa shape index (κ3) is 45.1. The molecule has 0 aliphatic heterocycles. The quantitative estimate of drug-likeness (QED) is 0.0462. The highest BCUT2D eigenvalue weighted by Gasteiger charge is 2.09. The number of unbranched alkanes of at least 4 members (excludes halogenated alkanes) is 38. The Bertz CT molecular complexity index is 634. The minimum atomic E-state index is -0.270. The average molecular weight is 735 g/mol. The Balaban J connectivity index is 3.24. The summed E-state index contributed by atoms with van der Waals surface area (Å²) in [6, 6.07) is 0. The molecule has 0 unspecified atom stereocenters. The highest BCUT2D eigenvalue weighted by molar-refractivity contribution is 5.77. The molecule has 0 radical (unpaired) electrons. The summed E-state index contributed by atoms with van der Waals surface area (Å²) >= 11 is 0. The molecule has 0 saturated carbocycles. The van der Waals surface area contributed by atoms with Gasteiger partial charge in [-0.05, 0) is 12.8 Å². The van der Waals surface area contributed by atoms with E-state index in [1.807, 2.05) is 0 Å². The number of hydrogen-bond acceptors (Lipinski definition) is 4. The van der Waals surface area contributed by atoms with Crippen LogP contribution in [0.5, 0.6) is 0 Å². The lowest BCUT2D eigenvalue weighted by Crippen LogP contribution is -2.11. The van der Waals surface area contributed by atoms with Crippen molar-refractivity contribution in [2.45, 2.75) is 284 Å². The first kappa shape index (κ1) is 50.9. The monoisotopic (exact) mass is 735 g/mol. The van der Waals surface area contributed by atoms with Gasteiger partial charge in [-0.1, -0.05) is 258 Å². The molecule has 4 nitrogen and oxygen atoms in total. The minimum Gasteiger partial charge on any atom is -0.466 e. The van der Waals surface area contributed by atoms with Crippen LogP contribution >= 0.6 is 0 Å². The first-order valence-corrected chi connectivity index (χ1v) is 24.0. The van der Waals surface area contributed by atoms with Gasteiger partial charge >= 0.3 is 11.9 Å². The van der Waals surface area contributed by atoms with E-state index in [0.29, 0.717) is 13.2 Å². The molecule has 0 fully saturated rings. The largest absolute Gasteiger partial charge is 0.466 e. The number of carbonyl (C=O) groups excluding carboxylic acids is 2. The third-order valence-corrected chi connectivity index (χ3v) is 11.1. The van der Waals surface area contributed by atoms with Crippen molar-refractivity contribution in [3.63, 3.8) is 0 Å². The molecule has 0 heterocycles. The van der Waals surface area contributed by atoms with E-state index in [4.69, 9.17) is 9.47 Å². The predicted molar refractivity (Wildman–Crippen MR) is 227 cm³/mol. The van der Waals surface area contributed by atoms with Crippen LogP contribution in [0.3, 0.4) is 0 Å². The van der Waals surface area contributed by atoms with Gasteiger partial charge in [-0.15, -0.1) is 0 Å². The number of ether oxygens (including phenoxy) is 2. The van der Waals surface area contributed by atoms with E-state index in [0.717, 1.165) is 25.7 Å². The fourth-order valence-corrected chi connectivity index (χ4v) is 7.44. The summed E-state index contributed by atoms with van der Waals surface area (Å²) in [6.07, 6.45) is 54.7. The van der Waals surface area contributed by atoms with Gasteiger partial charge in [0.15, 0.2) is 0 Å². The van der Waals surface area contributed by atoms with Gasteiger partial charge in [0, 0.05) is 0 Å². The molecule has 0 N–H and O–H groups in total.